The minimum absolute atomic E-state index is 0.123. The maximum Gasteiger partial charge on any atom is 0.326 e. The number of furan rings is 1. The predicted molar refractivity (Wildman–Crippen MR) is 78.8 cm³/mol. The molecule has 2 N–H and O–H groups in total. The van der Waals surface area contributed by atoms with E-state index in [4.69, 9.17) is 27.6 Å². The van der Waals surface area contributed by atoms with Gasteiger partial charge in [-0.25, -0.2) is 4.79 Å². The average Bonchev–Trinajstić information content (AvgIpc) is 3.01. The molecule has 2 aromatic rings. The first kappa shape index (κ1) is 13.7. The Morgan fingerprint density at radius 1 is 1.05 bits per heavy atom. The van der Waals surface area contributed by atoms with Crippen molar-refractivity contribution in [3.05, 3.63) is 51.8 Å². The van der Waals surface area contributed by atoms with Crippen molar-refractivity contribution >= 4 is 41.2 Å². The molecule has 1 aliphatic rings. The number of carbonyl (C=O) groups excluding carboxylic acids is 2. The number of rotatable bonds is 2. The van der Waals surface area contributed by atoms with Gasteiger partial charge in [-0.15, -0.1) is 0 Å². The normalized spacial score (nSPS) is 16.2. The van der Waals surface area contributed by atoms with Gasteiger partial charge in [0.1, 0.15) is 17.2 Å². The molecule has 0 unspecified atom stereocenters. The molecular formula is C14H8Cl2N2O3. The highest BCUT2D eigenvalue weighted by molar-refractivity contribution is 6.43. The molecule has 1 saturated heterocycles. The highest BCUT2D eigenvalue weighted by atomic mass is 35.5. The minimum atomic E-state index is -0.559. The quantitative estimate of drug-likeness (QED) is 0.657. The van der Waals surface area contributed by atoms with Crippen molar-refractivity contribution in [3.8, 4) is 11.3 Å². The molecule has 21 heavy (non-hydrogen) atoms. The van der Waals surface area contributed by atoms with Crippen LogP contribution >= 0.6 is 23.2 Å². The Labute approximate surface area is 129 Å². The number of hydrogen-bond donors (Lipinski definition) is 2. The largest absolute Gasteiger partial charge is 0.457 e. The van der Waals surface area contributed by atoms with Crippen LogP contribution in [0.3, 0.4) is 0 Å². The number of urea groups is 1. The van der Waals surface area contributed by atoms with E-state index in [2.05, 4.69) is 10.6 Å². The van der Waals surface area contributed by atoms with Crippen LogP contribution in [0.2, 0.25) is 10.0 Å². The molecule has 0 atom stereocenters. The lowest BCUT2D eigenvalue weighted by Crippen LogP contribution is -2.22. The van der Waals surface area contributed by atoms with E-state index in [-0.39, 0.29) is 5.70 Å². The number of benzene rings is 1. The fraction of sp³-hybridized carbons (Fsp3) is 0. The van der Waals surface area contributed by atoms with Crippen LogP contribution in [-0.2, 0) is 4.79 Å². The van der Waals surface area contributed by atoms with E-state index in [9.17, 15) is 9.59 Å². The molecule has 1 aromatic carbocycles. The molecule has 3 amide bonds. The van der Waals surface area contributed by atoms with Crippen molar-refractivity contribution in [1.82, 2.24) is 10.6 Å². The predicted octanol–water partition coefficient (Wildman–Crippen LogP) is 3.43. The van der Waals surface area contributed by atoms with E-state index >= 15 is 0 Å². The third-order valence-corrected chi connectivity index (χ3v) is 3.67. The molecule has 3 rings (SSSR count). The zero-order valence-electron chi connectivity index (χ0n) is 10.4. The van der Waals surface area contributed by atoms with Gasteiger partial charge in [-0.2, -0.15) is 0 Å². The lowest BCUT2D eigenvalue weighted by molar-refractivity contribution is -0.115. The van der Waals surface area contributed by atoms with Crippen LogP contribution in [-0.4, -0.2) is 11.9 Å². The summed E-state index contributed by atoms with van der Waals surface area (Å²) >= 11 is 12.1. The Bertz CT molecular complexity index is 780. The molecule has 0 spiro atoms. The molecule has 7 heteroatoms. The standard InChI is InChI=1S/C14H8Cl2N2O3/c15-9-3-1-2-8(12(9)16)11-5-4-7(21-11)6-10-13(19)18-14(20)17-10/h1-6H,(H2,17,18,19,20)/b10-6-. The van der Waals surface area contributed by atoms with Crippen LogP contribution in [0, 0.1) is 0 Å². The third-order valence-electron chi connectivity index (χ3n) is 2.85. The summed E-state index contributed by atoms with van der Waals surface area (Å²) in [4.78, 5) is 22.4. The van der Waals surface area contributed by atoms with Crippen LogP contribution < -0.4 is 10.6 Å². The lowest BCUT2D eigenvalue weighted by Gasteiger charge is -2.02. The SMILES string of the molecule is O=C1NC(=O)/C(=C/c2ccc(-c3cccc(Cl)c3Cl)o2)N1. The lowest BCUT2D eigenvalue weighted by atomic mass is 10.2. The first-order chi connectivity index (χ1) is 10.0. The highest BCUT2D eigenvalue weighted by Crippen LogP contribution is 2.34. The summed E-state index contributed by atoms with van der Waals surface area (Å²) in [5.41, 5.74) is 0.770. The van der Waals surface area contributed by atoms with Crippen LogP contribution in [0.25, 0.3) is 17.4 Å². The van der Waals surface area contributed by atoms with E-state index in [0.717, 1.165) is 0 Å². The zero-order valence-corrected chi connectivity index (χ0v) is 12.0. The Morgan fingerprint density at radius 3 is 2.57 bits per heavy atom. The second-order valence-electron chi connectivity index (χ2n) is 4.27. The number of halogens is 2. The zero-order chi connectivity index (χ0) is 15.0. The van der Waals surface area contributed by atoms with Crippen molar-refractivity contribution in [3.63, 3.8) is 0 Å². The van der Waals surface area contributed by atoms with E-state index in [1.165, 1.54) is 6.08 Å². The van der Waals surface area contributed by atoms with Crippen LogP contribution in [0.5, 0.6) is 0 Å². The number of amides is 3. The van der Waals surface area contributed by atoms with Crippen molar-refractivity contribution in [2.45, 2.75) is 0 Å². The number of nitrogens with one attached hydrogen (secondary N) is 2. The molecule has 2 heterocycles. The van der Waals surface area contributed by atoms with Gasteiger partial charge in [0.25, 0.3) is 5.91 Å². The summed E-state index contributed by atoms with van der Waals surface area (Å²) in [6.07, 6.45) is 1.43. The van der Waals surface area contributed by atoms with Gasteiger partial charge in [0.2, 0.25) is 0 Å². The maximum atomic E-state index is 11.4. The summed E-state index contributed by atoms with van der Waals surface area (Å²) in [6, 6.07) is 8.02. The summed E-state index contributed by atoms with van der Waals surface area (Å²) in [6.45, 7) is 0. The molecule has 0 bridgehead atoms. The summed E-state index contributed by atoms with van der Waals surface area (Å²) < 4.78 is 5.60. The second-order valence-corrected chi connectivity index (χ2v) is 5.05. The molecule has 1 aromatic heterocycles. The van der Waals surface area contributed by atoms with E-state index in [1.807, 2.05) is 0 Å². The smallest absolute Gasteiger partial charge is 0.326 e. The molecule has 0 aliphatic carbocycles. The first-order valence-electron chi connectivity index (χ1n) is 5.93. The minimum Gasteiger partial charge on any atom is -0.457 e. The topological polar surface area (TPSA) is 71.3 Å². The molecule has 106 valence electrons. The average molecular weight is 323 g/mol. The Kier molecular flexibility index (Phi) is 3.45. The van der Waals surface area contributed by atoms with Gasteiger partial charge in [0, 0.05) is 11.6 Å². The number of hydrogen-bond acceptors (Lipinski definition) is 3. The molecule has 1 fully saturated rings. The van der Waals surface area contributed by atoms with Gasteiger partial charge in [-0.3, -0.25) is 10.1 Å². The van der Waals surface area contributed by atoms with Crippen molar-refractivity contribution in [2.24, 2.45) is 0 Å². The van der Waals surface area contributed by atoms with Gasteiger partial charge in [0.15, 0.2) is 0 Å². The molecular weight excluding hydrogens is 315 g/mol. The molecule has 5 nitrogen and oxygen atoms in total. The van der Waals surface area contributed by atoms with E-state index < -0.39 is 11.9 Å². The Balaban J connectivity index is 1.94. The fourth-order valence-electron chi connectivity index (χ4n) is 1.89. The number of carbonyl (C=O) groups is 2. The van der Waals surface area contributed by atoms with Crippen LogP contribution in [0.4, 0.5) is 4.79 Å². The summed E-state index contributed by atoms with van der Waals surface area (Å²) in [5, 5.41) is 5.29. The Hall–Kier alpha value is -2.24. The van der Waals surface area contributed by atoms with E-state index in [0.29, 0.717) is 27.1 Å². The molecule has 0 radical (unpaired) electrons. The molecule has 1 aliphatic heterocycles. The summed E-state index contributed by atoms with van der Waals surface area (Å²) in [7, 11) is 0. The highest BCUT2D eigenvalue weighted by Gasteiger charge is 2.23. The Morgan fingerprint density at radius 2 is 1.86 bits per heavy atom. The van der Waals surface area contributed by atoms with Gasteiger partial charge >= 0.3 is 6.03 Å². The summed E-state index contributed by atoms with van der Waals surface area (Å²) in [5.74, 6) is 0.422. The second kappa shape index (κ2) is 5.27. The van der Waals surface area contributed by atoms with Gasteiger partial charge in [-0.1, -0.05) is 29.3 Å². The van der Waals surface area contributed by atoms with Crippen molar-refractivity contribution < 1.29 is 14.0 Å². The van der Waals surface area contributed by atoms with E-state index in [1.54, 1.807) is 30.3 Å². The third kappa shape index (κ3) is 2.66. The van der Waals surface area contributed by atoms with Gasteiger partial charge < -0.3 is 9.73 Å². The monoisotopic (exact) mass is 322 g/mol. The van der Waals surface area contributed by atoms with Gasteiger partial charge in [-0.05, 0) is 24.3 Å². The maximum absolute atomic E-state index is 11.4. The van der Waals surface area contributed by atoms with Gasteiger partial charge in [0.05, 0.1) is 10.0 Å². The number of imide groups is 1. The van der Waals surface area contributed by atoms with Crippen LogP contribution in [0.1, 0.15) is 5.76 Å². The van der Waals surface area contributed by atoms with Crippen molar-refractivity contribution in [1.29, 1.82) is 0 Å². The first-order valence-corrected chi connectivity index (χ1v) is 6.68. The van der Waals surface area contributed by atoms with Crippen molar-refractivity contribution in [2.75, 3.05) is 0 Å². The fourth-order valence-corrected chi connectivity index (χ4v) is 2.29. The molecule has 0 saturated carbocycles. The van der Waals surface area contributed by atoms with Crippen LogP contribution in [0.15, 0.2) is 40.4 Å².